The summed E-state index contributed by atoms with van der Waals surface area (Å²) in [6.45, 7) is 2.63. The van der Waals surface area contributed by atoms with Crippen molar-refractivity contribution in [2.45, 2.75) is 32.9 Å². The lowest BCUT2D eigenvalue weighted by Crippen LogP contribution is -2.51. The van der Waals surface area contributed by atoms with E-state index in [1.54, 1.807) is 38.1 Å². The van der Waals surface area contributed by atoms with Crippen LogP contribution in [0.5, 0.6) is 0 Å². The first-order valence-corrected chi connectivity index (χ1v) is 12.6. The number of non-ortho nitro benzene ring substituents is 1. The number of hydrogen-bond acceptors (Lipinski definition) is 6. The Morgan fingerprint density at radius 1 is 1.21 bits per heavy atom. The summed E-state index contributed by atoms with van der Waals surface area (Å²) in [7, 11) is -2.57. The second-order valence-electron chi connectivity index (χ2n) is 7.65. The van der Waals surface area contributed by atoms with E-state index in [1.807, 2.05) is 0 Å². The minimum atomic E-state index is -4.01. The zero-order valence-corrected chi connectivity index (χ0v) is 20.9. The van der Waals surface area contributed by atoms with Crippen molar-refractivity contribution < 1.29 is 22.9 Å². The highest BCUT2D eigenvalue weighted by atomic mass is 35.5. The van der Waals surface area contributed by atoms with E-state index in [0.717, 1.165) is 16.6 Å². The summed E-state index contributed by atoms with van der Waals surface area (Å²) >= 11 is 6.27. The Bertz CT molecular complexity index is 1190. The summed E-state index contributed by atoms with van der Waals surface area (Å²) < 4.78 is 26.1. The number of nitrogens with one attached hydrogen (secondary N) is 1. The van der Waals surface area contributed by atoms with Gasteiger partial charge >= 0.3 is 0 Å². The molecule has 0 spiro atoms. The van der Waals surface area contributed by atoms with Gasteiger partial charge in [-0.3, -0.25) is 24.0 Å². The maximum atomic E-state index is 13.5. The number of sulfonamides is 1. The quantitative estimate of drug-likeness (QED) is 0.386. The third kappa shape index (κ3) is 6.45. The molecule has 184 valence electrons. The van der Waals surface area contributed by atoms with Gasteiger partial charge in [-0.25, -0.2) is 8.42 Å². The van der Waals surface area contributed by atoms with Crippen LogP contribution in [0.25, 0.3) is 0 Å². The average molecular weight is 511 g/mol. The number of halogens is 1. The third-order valence-electron chi connectivity index (χ3n) is 5.28. The van der Waals surface area contributed by atoms with E-state index in [9.17, 15) is 28.1 Å². The Balaban J connectivity index is 2.53. The minimum Gasteiger partial charge on any atom is -0.357 e. The Hall–Kier alpha value is -3.18. The number of amides is 2. The molecule has 10 nitrogen and oxygen atoms in total. The van der Waals surface area contributed by atoms with E-state index in [-0.39, 0.29) is 24.3 Å². The Morgan fingerprint density at radius 2 is 1.85 bits per heavy atom. The molecule has 0 heterocycles. The molecule has 2 amide bonds. The van der Waals surface area contributed by atoms with Gasteiger partial charge in [-0.05, 0) is 30.5 Å². The lowest BCUT2D eigenvalue weighted by Gasteiger charge is -2.33. The van der Waals surface area contributed by atoms with Crippen molar-refractivity contribution in [3.05, 3.63) is 68.7 Å². The number of nitro benzene ring substituents is 1. The fourth-order valence-electron chi connectivity index (χ4n) is 3.47. The molecule has 2 aromatic rings. The number of nitro groups is 1. The van der Waals surface area contributed by atoms with E-state index < -0.39 is 39.3 Å². The molecule has 0 aliphatic carbocycles. The number of anilines is 1. The highest BCUT2D eigenvalue weighted by Gasteiger charge is 2.32. The normalized spacial score (nSPS) is 12.0. The van der Waals surface area contributed by atoms with E-state index in [2.05, 4.69) is 5.32 Å². The van der Waals surface area contributed by atoms with Gasteiger partial charge < -0.3 is 10.2 Å². The second kappa shape index (κ2) is 11.3. The maximum Gasteiger partial charge on any atom is 0.271 e. The van der Waals surface area contributed by atoms with Gasteiger partial charge in [0.2, 0.25) is 21.8 Å². The average Bonchev–Trinajstić information content (AvgIpc) is 2.77. The molecule has 2 rings (SSSR count). The molecule has 12 heteroatoms. The smallest absolute Gasteiger partial charge is 0.271 e. The number of likely N-dealkylation sites (N-methyl/N-ethyl adjacent to an activating group) is 1. The molecule has 2 aromatic carbocycles. The predicted octanol–water partition coefficient (Wildman–Crippen LogP) is 2.88. The van der Waals surface area contributed by atoms with Crippen LogP contribution in [0.3, 0.4) is 0 Å². The molecular weight excluding hydrogens is 484 g/mol. The second-order valence-corrected chi connectivity index (χ2v) is 9.96. The fourth-order valence-corrected chi connectivity index (χ4v) is 4.57. The van der Waals surface area contributed by atoms with Crippen LogP contribution in [-0.2, 0) is 26.2 Å². The van der Waals surface area contributed by atoms with Gasteiger partial charge in [0.25, 0.3) is 5.69 Å². The summed E-state index contributed by atoms with van der Waals surface area (Å²) in [6, 6.07) is 9.71. The molecule has 0 aliphatic rings. The molecule has 1 atom stereocenters. The summed E-state index contributed by atoms with van der Waals surface area (Å²) in [6.07, 6.45) is 1.18. The van der Waals surface area contributed by atoms with Gasteiger partial charge in [0, 0.05) is 30.7 Å². The number of rotatable bonds is 10. The van der Waals surface area contributed by atoms with Crippen LogP contribution >= 0.6 is 11.6 Å². The first kappa shape index (κ1) is 27.1. The van der Waals surface area contributed by atoms with Gasteiger partial charge in [0.05, 0.1) is 16.9 Å². The largest absolute Gasteiger partial charge is 0.357 e. The lowest BCUT2D eigenvalue weighted by atomic mass is 10.1. The number of carbonyl (C=O) groups is 2. The van der Waals surface area contributed by atoms with E-state index >= 15 is 0 Å². The van der Waals surface area contributed by atoms with E-state index in [4.69, 9.17) is 11.6 Å². The first-order valence-electron chi connectivity index (χ1n) is 10.4. The Kier molecular flexibility index (Phi) is 9.00. The van der Waals surface area contributed by atoms with E-state index in [0.29, 0.717) is 16.1 Å². The highest BCUT2D eigenvalue weighted by molar-refractivity contribution is 7.92. The van der Waals surface area contributed by atoms with Gasteiger partial charge in [0.15, 0.2) is 0 Å². The molecule has 0 saturated heterocycles. The molecule has 0 saturated carbocycles. The molecular formula is C22H27ClN4O6S. The summed E-state index contributed by atoms with van der Waals surface area (Å²) in [5, 5.41) is 14.2. The van der Waals surface area contributed by atoms with E-state index in [1.165, 1.54) is 24.1 Å². The zero-order valence-electron chi connectivity index (χ0n) is 19.3. The summed E-state index contributed by atoms with van der Waals surface area (Å²) in [5.74, 6) is -1.08. The topological polar surface area (TPSA) is 130 Å². The van der Waals surface area contributed by atoms with Crippen molar-refractivity contribution in [2.75, 3.05) is 24.2 Å². The van der Waals surface area contributed by atoms with Gasteiger partial charge in [-0.15, -0.1) is 0 Å². The Morgan fingerprint density at radius 3 is 2.38 bits per heavy atom. The summed E-state index contributed by atoms with van der Waals surface area (Å²) in [4.78, 5) is 37.9. The first-order chi connectivity index (χ1) is 15.9. The zero-order chi connectivity index (χ0) is 25.6. The molecule has 1 N–H and O–H groups in total. The standard InChI is InChI=1S/C22H27ClN4O6S/c1-5-19(22(29)24-3)25(13-16-8-6-7-9-18(16)23)21(28)14-26(34(4,32)33)20-12-17(27(30)31)11-10-15(20)2/h6-12,19H,5,13-14H2,1-4H3,(H,24,29). The third-order valence-corrected chi connectivity index (χ3v) is 6.78. The molecule has 0 fully saturated rings. The SMILES string of the molecule is CCC(C(=O)NC)N(Cc1ccccc1Cl)C(=O)CN(c1cc([N+](=O)[O-])ccc1C)S(C)(=O)=O. The van der Waals surface area contributed by atoms with Crippen molar-refractivity contribution in [3.8, 4) is 0 Å². The van der Waals surface area contributed by atoms with Crippen LogP contribution in [0.4, 0.5) is 11.4 Å². The van der Waals surface area contributed by atoms with Crippen LogP contribution in [0.15, 0.2) is 42.5 Å². The van der Waals surface area contributed by atoms with Crippen molar-refractivity contribution in [1.82, 2.24) is 10.2 Å². The number of carbonyl (C=O) groups excluding carboxylic acids is 2. The van der Waals surface area contributed by atoms with Gasteiger partial charge in [-0.2, -0.15) is 0 Å². The number of aryl methyl sites for hydroxylation is 1. The lowest BCUT2D eigenvalue weighted by molar-refractivity contribution is -0.384. The number of benzene rings is 2. The van der Waals surface area contributed by atoms with Crippen molar-refractivity contribution in [3.63, 3.8) is 0 Å². The highest BCUT2D eigenvalue weighted by Crippen LogP contribution is 2.28. The monoisotopic (exact) mass is 510 g/mol. The van der Waals surface area contributed by atoms with Crippen molar-refractivity contribution >= 4 is 44.8 Å². The molecule has 0 radical (unpaired) electrons. The van der Waals surface area contributed by atoms with Gasteiger partial charge in [0.1, 0.15) is 12.6 Å². The van der Waals surface area contributed by atoms with Crippen LogP contribution in [0, 0.1) is 17.0 Å². The minimum absolute atomic E-state index is 0.00994. The van der Waals surface area contributed by atoms with Crippen LogP contribution in [0.2, 0.25) is 5.02 Å². The van der Waals surface area contributed by atoms with Crippen molar-refractivity contribution in [2.24, 2.45) is 0 Å². The molecule has 1 unspecified atom stereocenters. The van der Waals surface area contributed by atoms with Crippen LogP contribution in [0.1, 0.15) is 24.5 Å². The van der Waals surface area contributed by atoms with Crippen molar-refractivity contribution in [1.29, 1.82) is 0 Å². The molecule has 0 aliphatic heterocycles. The van der Waals surface area contributed by atoms with Crippen LogP contribution in [-0.4, -0.2) is 55.9 Å². The molecule has 0 bridgehead atoms. The van der Waals surface area contributed by atoms with Gasteiger partial charge in [-0.1, -0.05) is 42.8 Å². The summed E-state index contributed by atoms with van der Waals surface area (Å²) in [5.41, 5.74) is 0.708. The Labute approximate surface area is 203 Å². The van der Waals surface area contributed by atoms with Crippen LogP contribution < -0.4 is 9.62 Å². The molecule has 0 aromatic heterocycles. The maximum absolute atomic E-state index is 13.5. The number of nitrogens with zero attached hydrogens (tertiary/aromatic N) is 3. The fraction of sp³-hybridized carbons (Fsp3) is 0.364. The molecule has 34 heavy (non-hydrogen) atoms. The predicted molar refractivity (Wildman–Crippen MR) is 130 cm³/mol. The number of hydrogen-bond donors (Lipinski definition) is 1.